The molecule has 148 valence electrons. The smallest absolute Gasteiger partial charge is 0.313 e. The van der Waals surface area contributed by atoms with E-state index in [1.165, 1.54) is 11.8 Å². The van der Waals surface area contributed by atoms with E-state index in [9.17, 15) is 9.59 Å². The fraction of sp³-hybridized carbons (Fsp3) is 0.130. The molecule has 5 nitrogen and oxygen atoms in total. The highest BCUT2D eigenvalue weighted by molar-refractivity contribution is 8.00. The molecule has 3 rings (SSSR count). The summed E-state index contributed by atoms with van der Waals surface area (Å²) < 4.78 is 7.04. The first kappa shape index (κ1) is 20.5. The molecule has 0 bridgehead atoms. The van der Waals surface area contributed by atoms with Crippen LogP contribution < -0.4 is 4.74 Å². The summed E-state index contributed by atoms with van der Waals surface area (Å²) in [6.07, 6.45) is 5.85. The van der Waals surface area contributed by atoms with E-state index in [0.717, 1.165) is 10.5 Å². The summed E-state index contributed by atoms with van der Waals surface area (Å²) in [7, 11) is 1.59. The second-order valence-electron chi connectivity index (χ2n) is 6.26. The largest absolute Gasteiger partial charge is 0.497 e. The first-order valence-electron chi connectivity index (χ1n) is 9.02. The number of aliphatic carboxylic acids is 1. The lowest BCUT2D eigenvalue weighted by atomic mass is 10.1. The van der Waals surface area contributed by atoms with Crippen LogP contribution in [0.15, 0.2) is 77.8 Å². The molecule has 6 heteroatoms. The van der Waals surface area contributed by atoms with Gasteiger partial charge in [0.15, 0.2) is 0 Å². The maximum absolute atomic E-state index is 12.8. The summed E-state index contributed by atoms with van der Waals surface area (Å²) in [6.45, 7) is 0.569. The number of ether oxygens (including phenoxy) is 1. The number of ketones is 1. The average Bonchev–Trinajstić information content (AvgIpc) is 3.21. The molecule has 0 spiro atoms. The highest BCUT2D eigenvalue weighted by Gasteiger charge is 2.12. The number of hydrogen-bond acceptors (Lipinski definition) is 4. The number of carboxylic acids is 1. The van der Waals surface area contributed by atoms with Crippen molar-refractivity contribution in [3.63, 3.8) is 0 Å². The number of carbonyl (C=O) groups excluding carboxylic acids is 1. The van der Waals surface area contributed by atoms with Gasteiger partial charge in [0.05, 0.1) is 18.6 Å². The molecule has 0 aliphatic rings. The number of allylic oxidation sites excluding steroid dienone is 1. The van der Waals surface area contributed by atoms with Gasteiger partial charge in [-0.2, -0.15) is 0 Å². The molecule has 0 fully saturated rings. The van der Waals surface area contributed by atoms with Crippen LogP contribution in [0.25, 0.3) is 6.08 Å². The fourth-order valence-electron chi connectivity index (χ4n) is 2.79. The second kappa shape index (κ2) is 9.80. The van der Waals surface area contributed by atoms with E-state index < -0.39 is 5.97 Å². The molecule has 1 N–H and O–H groups in total. The Kier molecular flexibility index (Phi) is 6.92. The van der Waals surface area contributed by atoms with E-state index in [-0.39, 0.29) is 11.5 Å². The number of nitrogens with zero attached hydrogens (tertiary/aromatic N) is 1. The van der Waals surface area contributed by atoms with E-state index in [0.29, 0.717) is 23.6 Å². The highest BCUT2D eigenvalue weighted by Crippen LogP contribution is 2.19. The summed E-state index contributed by atoms with van der Waals surface area (Å²) in [5.74, 6) is -0.0998. The quantitative estimate of drug-likeness (QED) is 0.414. The van der Waals surface area contributed by atoms with E-state index in [1.54, 1.807) is 31.4 Å². The van der Waals surface area contributed by atoms with Gasteiger partial charge < -0.3 is 14.4 Å². The summed E-state index contributed by atoms with van der Waals surface area (Å²) >= 11 is 1.29. The molecule has 0 amide bonds. The number of carboxylic acid groups (broad SMARTS) is 1. The molecule has 0 saturated heterocycles. The predicted octanol–water partition coefficient (Wildman–Crippen LogP) is 4.62. The number of methoxy groups -OCH3 is 1. The van der Waals surface area contributed by atoms with Crippen LogP contribution in [0.4, 0.5) is 0 Å². The number of hydrogen-bond donors (Lipinski definition) is 1. The minimum absolute atomic E-state index is 0.0362. The van der Waals surface area contributed by atoms with Crippen LogP contribution in [0.3, 0.4) is 0 Å². The number of benzene rings is 2. The first-order valence-corrected chi connectivity index (χ1v) is 10.0. The highest BCUT2D eigenvalue weighted by atomic mass is 32.2. The van der Waals surface area contributed by atoms with Crippen LogP contribution in [0, 0.1) is 0 Å². The van der Waals surface area contributed by atoms with Crippen LogP contribution in [-0.4, -0.2) is 34.3 Å². The van der Waals surface area contributed by atoms with Gasteiger partial charge in [-0.25, -0.2) is 0 Å². The van der Waals surface area contributed by atoms with Gasteiger partial charge in [0.2, 0.25) is 5.78 Å². The van der Waals surface area contributed by atoms with Gasteiger partial charge in [-0.3, -0.25) is 9.59 Å². The normalized spacial score (nSPS) is 10.9. The molecular formula is C23H21NO4S. The second-order valence-corrected chi connectivity index (χ2v) is 7.31. The van der Waals surface area contributed by atoms with Gasteiger partial charge in [-0.05, 0) is 54.1 Å². The zero-order valence-electron chi connectivity index (χ0n) is 15.9. The third kappa shape index (κ3) is 5.62. The lowest BCUT2D eigenvalue weighted by Crippen LogP contribution is -2.09. The summed E-state index contributed by atoms with van der Waals surface area (Å²) in [6, 6.07) is 18.4. The molecular weight excluding hydrogens is 386 g/mol. The molecule has 3 aromatic rings. The van der Waals surface area contributed by atoms with Gasteiger partial charge >= 0.3 is 5.97 Å². The Morgan fingerprint density at radius 2 is 1.79 bits per heavy atom. The topological polar surface area (TPSA) is 68.5 Å². The maximum Gasteiger partial charge on any atom is 0.313 e. The van der Waals surface area contributed by atoms with E-state index in [2.05, 4.69) is 0 Å². The summed E-state index contributed by atoms with van der Waals surface area (Å²) in [4.78, 5) is 24.3. The van der Waals surface area contributed by atoms with Gasteiger partial charge in [0.1, 0.15) is 5.75 Å². The predicted molar refractivity (Wildman–Crippen MR) is 115 cm³/mol. The zero-order chi connectivity index (χ0) is 20.6. The van der Waals surface area contributed by atoms with E-state index in [1.807, 2.05) is 59.3 Å². The lowest BCUT2D eigenvalue weighted by molar-refractivity contribution is -0.133. The van der Waals surface area contributed by atoms with Gasteiger partial charge in [-0.1, -0.05) is 24.3 Å². The Morgan fingerprint density at radius 1 is 1.07 bits per heavy atom. The first-order chi connectivity index (χ1) is 14.1. The molecule has 0 radical (unpaired) electrons. The van der Waals surface area contributed by atoms with Crippen molar-refractivity contribution < 1.29 is 19.4 Å². The Morgan fingerprint density at radius 3 is 2.45 bits per heavy atom. The molecule has 0 saturated carbocycles. The van der Waals surface area contributed by atoms with Crippen LogP contribution in [0.2, 0.25) is 0 Å². The summed E-state index contributed by atoms with van der Waals surface area (Å²) in [5, 5.41) is 8.73. The molecule has 1 aromatic heterocycles. The van der Waals surface area contributed by atoms with Crippen molar-refractivity contribution in [2.75, 3.05) is 12.9 Å². The van der Waals surface area contributed by atoms with E-state index in [4.69, 9.17) is 9.84 Å². The van der Waals surface area contributed by atoms with Crippen molar-refractivity contribution in [2.24, 2.45) is 0 Å². The average molecular weight is 407 g/mol. The zero-order valence-corrected chi connectivity index (χ0v) is 16.8. The molecule has 0 aliphatic carbocycles. The minimum Gasteiger partial charge on any atom is -0.497 e. The van der Waals surface area contributed by atoms with Crippen LogP contribution in [0.5, 0.6) is 5.75 Å². The van der Waals surface area contributed by atoms with Crippen LogP contribution in [0.1, 0.15) is 21.6 Å². The Hall–Kier alpha value is -3.25. The molecule has 29 heavy (non-hydrogen) atoms. The standard InChI is InChI=1S/C23H21NO4S/c1-28-19-10-8-18(9-11-19)23(27)21-5-3-15-24(21)14-2-4-17-6-12-20(13-7-17)29-16-22(25)26/h2-13,15H,14,16H2,1H3,(H,25,26). The van der Waals surface area contributed by atoms with Crippen molar-refractivity contribution in [1.29, 1.82) is 0 Å². The number of aromatic nitrogens is 1. The van der Waals surface area contributed by atoms with Crippen molar-refractivity contribution in [2.45, 2.75) is 11.4 Å². The monoisotopic (exact) mass is 407 g/mol. The Balaban J connectivity index is 1.63. The molecule has 0 aliphatic heterocycles. The number of thioether (sulfide) groups is 1. The lowest BCUT2D eigenvalue weighted by Gasteiger charge is -2.07. The van der Waals surface area contributed by atoms with Crippen molar-refractivity contribution in [3.8, 4) is 5.75 Å². The Bertz CT molecular complexity index is 1000. The minimum atomic E-state index is -0.828. The SMILES string of the molecule is COc1ccc(C(=O)c2cccn2CC=Cc2ccc(SCC(=O)O)cc2)cc1. The van der Waals surface area contributed by atoms with Gasteiger partial charge in [0, 0.05) is 23.2 Å². The molecule has 0 unspecified atom stereocenters. The van der Waals surface area contributed by atoms with Gasteiger partial charge in [-0.15, -0.1) is 11.8 Å². The number of carbonyl (C=O) groups is 2. The molecule has 1 heterocycles. The molecule has 2 aromatic carbocycles. The van der Waals surface area contributed by atoms with Crippen molar-refractivity contribution >= 4 is 29.6 Å². The maximum atomic E-state index is 12.8. The summed E-state index contributed by atoms with van der Waals surface area (Å²) in [5.41, 5.74) is 2.25. The fourth-order valence-corrected chi connectivity index (χ4v) is 3.41. The van der Waals surface area contributed by atoms with Crippen molar-refractivity contribution in [1.82, 2.24) is 4.57 Å². The third-order valence-corrected chi connectivity index (χ3v) is 5.27. The number of rotatable bonds is 9. The van der Waals surface area contributed by atoms with Crippen molar-refractivity contribution in [3.05, 3.63) is 89.8 Å². The van der Waals surface area contributed by atoms with Crippen LogP contribution >= 0.6 is 11.8 Å². The molecule has 0 atom stereocenters. The van der Waals surface area contributed by atoms with Crippen LogP contribution in [-0.2, 0) is 11.3 Å². The van der Waals surface area contributed by atoms with E-state index >= 15 is 0 Å². The Labute approximate surface area is 173 Å². The van der Waals surface area contributed by atoms with Gasteiger partial charge in [0.25, 0.3) is 0 Å². The third-order valence-electron chi connectivity index (χ3n) is 4.27.